The first-order valence-corrected chi connectivity index (χ1v) is 17.3. The molecule has 4 nitrogen and oxygen atoms in total. The van der Waals surface area contributed by atoms with Gasteiger partial charge in [0.2, 0.25) is 0 Å². The quantitative estimate of drug-likeness (QED) is 0.286. The van der Waals surface area contributed by atoms with Gasteiger partial charge in [-0.05, 0) is 39.9 Å². The van der Waals surface area contributed by atoms with Gasteiger partial charge in [-0.2, -0.15) is 0 Å². The number of rotatable bonds is 8. The molecule has 208 valence electrons. The van der Waals surface area contributed by atoms with Gasteiger partial charge in [-0.15, -0.1) is 0 Å². The first-order chi connectivity index (χ1) is 18.4. The second-order valence-corrected chi connectivity index (χ2v) is 18.5. The molecular weight excluding hydrogens is 521 g/mol. The van der Waals surface area contributed by atoms with Crippen LogP contribution in [-0.4, -0.2) is 40.3 Å². The number of benzene rings is 3. The lowest BCUT2D eigenvalue weighted by molar-refractivity contribution is 0.0210. The van der Waals surface area contributed by atoms with Crippen molar-refractivity contribution in [3.8, 4) is 0 Å². The smallest absolute Gasteiger partial charge is 0.261 e. The van der Waals surface area contributed by atoms with Crippen LogP contribution in [-0.2, 0) is 14.3 Å². The molecule has 0 saturated heterocycles. The van der Waals surface area contributed by atoms with E-state index in [2.05, 4.69) is 82.8 Å². The van der Waals surface area contributed by atoms with E-state index >= 15 is 0 Å². The van der Waals surface area contributed by atoms with Crippen molar-refractivity contribution in [2.75, 3.05) is 12.4 Å². The highest BCUT2D eigenvalue weighted by Gasteiger charge is 2.55. The van der Waals surface area contributed by atoms with Gasteiger partial charge in [0.05, 0.1) is 23.4 Å². The van der Waals surface area contributed by atoms with Gasteiger partial charge in [0.15, 0.2) is 9.84 Å². The monoisotopic (exact) mass is 562 g/mol. The predicted molar refractivity (Wildman–Crippen MR) is 163 cm³/mol. The Hall–Kier alpha value is -2.51. The van der Waals surface area contributed by atoms with E-state index < -0.39 is 23.6 Å². The van der Waals surface area contributed by atoms with Gasteiger partial charge >= 0.3 is 0 Å². The number of aliphatic hydroxyl groups excluding tert-OH is 1. The third-order valence-electron chi connectivity index (χ3n) is 8.84. The van der Waals surface area contributed by atoms with Crippen LogP contribution in [0.3, 0.4) is 0 Å². The van der Waals surface area contributed by atoms with Gasteiger partial charge in [0, 0.05) is 11.3 Å². The third kappa shape index (κ3) is 5.45. The van der Waals surface area contributed by atoms with Crippen LogP contribution < -0.4 is 10.4 Å². The molecule has 0 bridgehead atoms. The Bertz CT molecular complexity index is 1330. The van der Waals surface area contributed by atoms with Crippen molar-refractivity contribution in [3.05, 3.63) is 103 Å². The highest BCUT2D eigenvalue weighted by atomic mass is 32.2. The van der Waals surface area contributed by atoms with Crippen LogP contribution in [0.15, 0.2) is 108 Å². The van der Waals surface area contributed by atoms with E-state index in [-0.39, 0.29) is 35.3 Å². The summed E-state index contributed by atoms with van der Waals surface area (Å²) in [6.07, 6.45) is 0.339. The summed E-state index contributed by atoms with van der Waals surface area (Å²) in [5.74, 6) is -0.444. The molecule has 3 aromatic carbocycles. The average Bonchev–Trinajstić information content (AvgIpc) is 2.91. The normalized spacial score (nSPS) is 24.5. The minimum atomic E-state index is -3.55. The summed E-state index contributed by atoms with van der Waals surface area (Å²) >= 11 is 0. The SMILES string of the molecule is C=C1[C@H](CO)[C@@H](O[Si](c2ccccc2)(c2ccccc2)C(C)(C)C)C[C@@H](C)[C@]1(C)CS(=O)(=O)c1ccccc1. The molecule has 1 fully saturated rings. The van der Waals surface area contributed by atoms with Crippen LogP contribution in [0.5, 0.6) is 0 Å². The standard InChI is InChI=1S/C33H42O4SSi/c1-25-22-31(30(23-34)26(2)33(25,6)24-38(35,36)27-16-10-7-11-17-27)37-39(32(3,4)5,28-18-12-8-13-19-28)29-20-14-9-15-21-29/h7-21,25,30-31,34H,2,22-24H2,1,3-6H3/t25-,30+,31+,33+/m1/s1. The lowest BCUT2D eigenvalue weighted by atomic mass is 9.62. The van der Waals surface area contributed by atoms with Gasteiger partial charge in [-0.25, -0.2) is 8.42 Å². The molecule has 1 N–H and O–H groups in total. The predicted octanol–water partition coefficient (Wildman–Crippen LogP) is 5.62. The fourth-order valence-corrected chi connectivity index (χ4v) is 13.1. The molecule has 1 saturated carbocycles. The first kappa shape index (κ1) is 29.5. The first-order valence-electron chi connectivity index (χ1n) is 13.7. The van der Waals surface area contributed by atoms with E-state index in [1.54, 1.807) is 24.3 Å². The lowest BCUT2D eigenvalue weighted by Gasteiger charge is -2.52. The van der Waals surface area contributed by atoms with Crippen molar-refractivity contribution in [1.82, 2.24) is 0 Å². The van der Waals surface area contributed by atoms with Crippen LogP contribution in [0.4, 0.5) is 0 Å². The van der Waals surface area contributed by atoms with Gasteiger partial charge in [-0.1, -0.05) is 126 Å². The topological polar surface area (TPSA) is 63.6 Å². The van der Waals surface area contributed by atoms with Gasteiger partial charge in [0.1, 0.15) is 0 Å². The van der Waals surface area contributed by atoms with Crippen LogP contribution in [0.2, 0.25) is 5.04 Å². The average molecular weight is 563 g/mol. The van der Waals surface area contributed by atoms with Gasteiger partial charge in [-0.3, -0.25) is 0 Å². The van der Waals surface area contributed by atoms with Crippen molar-refractivity contribution >= 4 is 28.5 Å². The third-order valence-corrected chi connectivity index (χ3v) is 15.9. The second-order valence-electron chi connectivity index (χ2n) is 12.3. The Labute approximate surface area is 235 Å². The molecule has 0 radical (unpaired) electrons. The Morgan fingerprint density at radius 1 is 0.923 bits per heavy atom. The van der Waals surface area contributed by atoms with E-state index in [0.29, 0.717) is 11.3 Å². The maximum absolute atomic E-state index is 13.5. The minimum absolute atomic E-state index is 0.0190. The molecular formula is C33H42O4SSi. The van der Waals surface area contributed by atoms with Crippen molar-refractivity contribution in [3.63, 3.8) is 0 Å². The molecule has 6 heteroatoms. The van der Waals surface area contributed by atoms with Crippen molar-refractivity contribution in [1.29, 1.82) is 0 Å². The lowest BCUT2D eigenvalue weighted by Crippen LogP contribution is -2.69. The summed E-state index contributed by atoms with van der Waals surface area (Å²) in [6, 6.07) is 29.6. The van der Waals surface area contributed by atoms with E-state index in [1.165, 1.54) is 10.4 Å². The molecule has 39 heavy (non-hydrogen) atoms. The van der Waals surface area contributed by atoms with Crippen LogP contribution >= 0.6 is 0 Å². The van der Waals surface area contributed by atoms with Crippen molar-refractivity contribution in [2.24, 2.45) is 17.3 Å². The zero-order chi connectivity index (χ0) is 28.5. The molecule has 1 aliphatic carbocycles. The molecule has 0 aliphatic heterocycles. The Balaban J connectivity index is 1.76. The zero-order valence-corrected chi connectivity index (χ0v) is 25.6. The summed E-state index contributed by atoms with van der Waals surface area (Å²) in [6.45, 7) is 15.1. The number of aliphatic hydroxyl groups is 1. The van der Waals surface area contributed by atoms with E-state index in [1.807, 2.05) is 25.1 Å². The summed E-state index contributed by atoms with van der Waals surface area (Å²) in [5.41, 5.74) is 0.0547. The Kier molecular flexibility index (Phi) is 8.44. The molecule has 3 aromatic rings. The molecule has 4 rings (SSSR count). The Morgan fingerprint density at radius 3 is 1.82 bits per heavy atom. The van der Waals surface area contributed by atoms with E-state index in [4.69, 9.17) is 4.43 Å². The van der Waals surface area contributed by atoms with E-state index in [0.717, 1.165) is 5.57 Å². The zero-order valence-electron chi connectivity index (χ0n) is 23.8. The maximum atomic E-state index is 13.5. The fourth-order valence-electron chi connectivity index (χ4n) is 6.35. The van der Waals surface area contributed by atoms with Crippen molar-refractivity contribution < 1.29 is 18.0 Å². The molecule has 0 spiro atoms. The largest absolute Gasteiger partial charge is 0.404 e. The highest BCUT2D eigenvalue weighted by Crippen LogP contribution is 2.51. The highest BCUT2D eigenvalue weighted by molar-refractivity contribution is 7.91. The molecule has 4 atom stereocenters. The fraction of sp³-hybridized carbons (Fsp3) is 0.394. The number of sulfone groups is 1. The molecule has 0 heterocycles. The number of hydrogen-bond acceptors (Lipinski definition) is 4. The molecule has 0 amide bonds. The van der Waals surface area contributed by atoms with Crippen LogP contribution in [0.1, 0.15) is 41.0 Å². The maximum Gasteiger partial charge on any atom is 0.261 e. The second kappa shape index (κ2) is 11.2. The molecule has 1 aliphatic rings. The van der Waals surface area contributed by atoms with Crippen LogP contribution in [0, 0.1) is 17.3 Å². The summed E-state index contributed by atoms with van der Waals surface area (Å²) in [5, 5.41) is 12.9. The molecule has 0 unspecified atom stereocenters. The van der Waals surface area contributed by atoms with Gasteiger partial charge in [0.25, 0.3) is 8.32 Å². The number of hydrogen-bond donors (Lipinski definition) is 1. The van der Waals surface area contributed by atoms with Crippen LogP contribution in [0.25, 0.3) is 0 Å². The molecule has 0 aromatic heterocycles. The summed E-state index contributed by atoms with van der Waals surface area (Å²) in [7, 11) is -6.42. The van der Waals surface area contributed by atoms with Crippen molar-refractivity contribution in [2.45, 2.75) is 57.1 Å². The van der Waals surface area contributed by atoms with E-state index in [9.17, 15) is 13.5 Å². The summed E-state index contributed by atoms with van der Waals surface area (Å²) < 4.78 is 34.4. The van der Waals surface area contributed by atoms with Gasteiger partial charge < -0.3 is 9.53 Å². The minimum Gasteiger partial charge on any atom is -0.404 e. The summed E-state index contributed by atoms with van der Waals surface area (Å²) in [4.78, 5) is 0.317. The Morgan fingerprint density at radius 2 is 1.38 bits per heavy atom.